The van der Waals surface area contributed by atoms with Gasteiger partial charge < -0.3 is 5.11 Å². The van der Waals surface area contributed by atoms with E-state index in [-0.39, 0.29) is 11.7 Å². The van der Waals surface area contributed by atoms with E-state index in [1.807, 2.05) is 12.2 Å². The fourth-order valence-corrected chi connectivity index (χ4v) is 3.89. The normalized spacial score (nSPS) is 13.4. The molecule has 0 saturated carbocycles. The third kappa shape index (κ3) is 16.4. The van der Waals surface area contributed by atoms with Crippen molar-refractivity contribution in [2.24, 2.45) is 0 Å². The van der Waals surface area contributed by atoms with Crippen molar-refractivity contribution >= 4 is 15.8 Å². The molecule has 0 amide bonds. The Hall–Kier alpha value is -0.840. The molecular formula is C20H38O4S. The molecule has 0 rings (SSSR count). The van der Waals surface area contributed by atoms with Gasteiger partial charge in [0.1, 0.15) is 0 Å². The van der Waals surface area contributed by atoms with Gasteiger partial charge in [-0.05, 0) is 25.7 Å². The van der Waals surface area contributed by atoms with Gasteiger partial charge >= 0.3 is 5.97 Å². The Bertz CT molecular complexity index is 454. The lowest BCUT2D eigenvalue weighted by molar-refractivity contribution is -0.137. The Morgan fingerprint density at radius 3 is 2.08 bits per heavy atom. The summed E-state index contributed by atoms with van der Waals surface area (Å²) >= 11 is 0. The van der Waals surface area contributed by atoms with Crippen molar-refractivity contribution in [3.05, 3.63) is 12.2 Å². The van der Waals surface area contributed by atoms with Crippen LogP contribution in [-0.4, -0.2) is 31.0 Å². The molecule has 0 spiro atoms. The molecule has 0 aromatic rings. The van der Waals surface area contributed by atoms with Gasteiger partial charge in [-0.25, -0.2) is 8.42 Å². The molecule has 1 atom stereocenters. The van der Waals surface area contributed by atoms with E-state index in [9.17, 15) is 13.2 Å². The lowest BCUT2D eigenvalue weighted by atomic mass is 10.1. The second kappa shape index (κ2) is 15.4. The van der Waals surface area contributed by atoms with E-state index >= 15 is 0 Å². The molecule has 0 aliphatic heterocycles. The van der Waals surface area contributed by atoms with Gasteiger partial charge in [-0.2, -0.15) is 0 Å². The minimum Gasteiger partial charge on any atom is -0.481 e. The third-order valence-electron chi connectivity index (χ3n) is 4.50. The Morgan fingerprint density at radius 2 is 1.48 bits per heavy atom. The Labute approximate surface area is 155 Å². The summed E-state index contributed by atoms with van der Waals surface area (Å²) in [5, 5.41) is 8.22. The van der Waals surface area contributed by atoms with Crippen LogP contribution in [0.1, 0.15) is 96.8 Å². The Balaban J connectivity index is 3.87. The molecule has 0 radical (unpaired) electrons. The standard InChI is InChI=1S/C20H38O4S/c1-3-4-5-6-10-13-16-19(25(2,23)24)17-14-11-8-7-9-12-15-18-20(21)22/h14,17,19H,3-13,15-16,18H2,1-2H3,(H,21,22)/b17-14+. The number of hydrogen-bond acceptors (Lipinski definition) is 3. The van der Waals surface area contributed by atoms with Crippen molar-refractivity contribution in [2.75, 3.05) is 6.26 Å². The van der Waals surface area contributed by atoms with Crippen LogP contribution in [0.4, 0.5) is 0 Å². The number of rotatable bonds is 17. The van der Waals surface area contributed by atoms with Gasteiger partial charge in [0.05, 0.1) is 5.25 Å². The molecule has 148 valence electrons. The number of allylic oxidation sites excluding steroid dienone is 1. The first-order valence-corrected chi connectivity index (χ1v) is 11.9. The lowest BCUT2D eigenvalue weighted by Crippen LogP contribution is -2.17. The molecule has 1 unspecified atom stereocenters. The molecule has 0 fully saturated rings. The van der Waals surface area contributed by atoms with E-state index in [1.165, 1.54) is 31.9 Å². The van der Waals surface area contributed by atoms with Crippen LogP contribution in [-0.2, 0) is 14.6 Å². The largest absolute Gasteiger partial charge is 0.481 e. The highest BCUT2D eigenvalue weighted by molar-refractivity contribution is 7.91. The average molecular weight is 375 g/mol. The molecule has 1 N–H and O–H groups in total. The molecule has 0 aliphatic rings. The highest BCUT2D eigenvalue weighted by atomic mass is 32.2. The van der Waals surface area contributed by atoms with Crippen LogP contribution in [0.2, 0.25) is 0 Å². The maximum Gasteiger partial charge on any atom is 0.303 e. The van der Waals surface area contributed by atoms with Crippen LogP contribution in [0.3, 0.4) is 0 Å². The average Bonchev–Trinajstić information content (AvgIpc) is 2.53. The summed E-state index contributed by atoms with van der Waals surface area (Å²) in [6.45, 7) is 2.19. The predicted octanol–water partition coefficient (Wildman–Crippen LogP) is 5.52. The molecule has 4 nitrogen and oxygen atoms in total. The van der Waals surface area contributed by atoms with E-state index in [0.717, 1.165) is 57.8 Å². The molecule has 0 bridgehead atoms. The van der Waals surface area contributed by atoms with E-state index in [0.29, 0.717) is 0 Å². The highest BCUT2D eigenvalue weighted by Gasteiger charge is 2.16. The molecule has 0 aromatic heterocycles. The second-order valence-electron chi connectivity index (χ2n) is 7.05. The van der Waals surface area contributed by atoms with Gasteiger partial charge in [-0.15, -0.1) is 0 Å². The van der Waals surface area contributed by atoms with Crippen molar-refractivity contribution in [1.82, 2.24) is 0 Å². The van der Waals surface area contributed by atoms with Crippen molar-refractivity contribution in [3.8, 4) is 0 Å². The number of aliphatic carboxylic acids is 1. The van der Waals surface area contributed by atoms with Gasteiger partial charge in [0.15, 0.2) is 9.84 Å². The van der Waals surface area contributed by atoms with Gasteiger partial charge in [-0.3, -0.25) is 4.79 Å². The number of unbranched alkanes of at least 4 members (excludes halogenated alkanes) is 10. The van der Waals surface area contributed by atoms with Gasteiger partial charge in [0.25, 0.3) is 0 Å². The lowest BCUT2D eigenvalue weighted by Gasteiger charge is -2.10. The summed E-state index contributed by atoms with van der Waals surface area (Å²) in [6, 6.07) is 0. The van der Waals surface area contributed by atoms with E-state index in [4.69, 9.17) is 5.11 Å². The zero-order valence-electron chi connectivity index (χ0n) is 16.2. The van der Waals surface area contributed by atoms with Crippen LogP contribution in [0.5, 0.6) is 0 Å². The summed E-state index contributed by atoms with van der Waals surface area (Å²) in [4.78, 5) is 10.4. The number of hydrogen-bond donors (Lipinski definition) is 1. The number of carbonyl (C=O) groups is 1. The smallest absolute Gasteiger partial charge is 0.303 e. The van der Waals surface area contributed by atoms with Crippen molar-refractivity contribution in [3.63, 3.8) is 0 Å². The SMILES string of the molecule is CCCCCCCCC(/C=C/CCCCCCCC(=O)O)S(C)(=O)=O. The Kier molecular flexibility index (Phi) is 14.9. The molecule has 5 heteroatoms. The van der Waals surface area contributed by atoms with Crippen LogP contribution in [0.15, 0.2) is 12.2 Å². The minimum atomic E-state index is -3.02. The second-order valence-corrected chi connectivity index (χ2v) is 9.32. The number of sulfone groups is 1. The molecule has 0 aliphatic carbocycles. The molecule has 25 heavy (non-hydrogen) atoms. The number of carboxylic acids is 1. The van der Waals surface area contributed by atoms with Crippen LogP contribution < -0.4 is 0 Å². The molecule has 0 saturated heterocycles. The van der Waals surface area contributed by atoms with Crippen LogP contribution in [0, 0.1) is 0 Å². The topological polar surface area (TPSA) is 71.4 Å². The Morgan fingerprint density at radius 1 is 0.920 bits per heavy atom. The first-order chi connectivity index (χ1) is 11.9. The molecule has 0 aromatic carbocycles. The first-order valence-electron chi connectivity index (χ1n) is 9.95. The van der Waals surface area contributed by atoms with Crippen molar-refractivity contribution < 1.29 is 18.3 Å². The summed E-state index contributed by atoms with van der Waals surface area (Å²) in [5.41, 5.74) is 0. The van der Waals surface area contributed by atoms with E-state index in [1.54, 1.807) is 0 Å². The van der Waals surface area contributed by atoms with Crippen molar-refractivity contribution in [1.29, 1.82) is 0 Å². The van der Waals surface area contributed by atoms with Gasteiger partial charge in [0, 0.05) is 12.7 Å². The predicted molar refractivity (Wildman–Crippen MR) is 106 cm³/mol. The summed E-state index contributed by atoms with van der Waals surface area (Å²) < 4.78 is 23.8. The van der Waals surface area contributed by atoms with E-state index in [2.05, 4.69) is 6.92 Å². The molecular weight excluding hydrogens is 336 g/mol. The molecule has 0 heterocycles. The van der Waals surface area contributed by atoms with Crippen LogP contribution >= 0.6 is 0 Å². The van der Waals surface area contributed by atoms with E-state index < -0.39 is 15.8 Å². The van der Waals surface area contributed by atoms with Crippen LogP contribution in [0.25, 0.3) is 0 Å². The number of carboxylic acid groups (broad SMARTS) is 1. The zero-order chi connectivity index (χ0) is 19.0. The fourth-order valence-electron chi connectivity index (χ4n) is 2.90. The summed E-state index contributed by atoms with van der Waals surface area (Å²) in [7, 11) is -3.02. The first kappa shape index (κ1) is 24.2. The van der Waals surface area contributed by atoms with Gasteiger partial charge in [-0.1, -0.05) is 76.9 Å². The summed E-state index contributed by atoms with van der Waals surface area (Å²) in [5.74, 6) is -0.722. The zero-order valence-corrected chi connectivity index (χ0v) is 17.0. The quantitative estimate of drug-likeness (QED) is 0.269. The third-order valence-corrected chi connectivity index (χ3v) is 6.00. The highest BCUT2D eigenvalue weighted by Crippen LogP contribution is 2.15. The van der Waals surface area contributed by atoms with Crippen molar-refractivity contribution in [2.45, 2.75) is 102 Å². The fraction of sp³-hybridized carbons (Fsp3) is 0.850. The minimum absolute atomic E-state index is 0.258. The maximum atomic E-state index is 11.9. The maximum absolute atomic E-state index is 11.9. The summed E-state index contributed by atoms with van der Waals surface area (Å²) in [6.07, 6.45) is 19.1. The monoisotopic (exact) mass is 374 g/mol. The van der Waals surface area contributed by atoms with Gasteiger partial charge in [0.2, 0.25) is 0 Å².